The zero-order valence-electron chi connectivity index (χ0n) is 16.4. The molecule has 0 aliphatic rings. The summed E-state index contributed by atoms with van der Waals surface area (Å²) in [5.74, 6) is 0. The monoisotopic (exact) mass is 634 g/mol. The standard InChI is InChI=1S/2C8H20N.4BrH.Ni/c2*1-5-9(6-2,7-3)8-4;;;;;/h2*5-8H2,1-4H3;4*1H;/q2*+1;;;;;+2/p-4. The Kier molecular flexibility index (Phi) is 38.4. The first-order chi connectivity index (χ1) is 9.90. The summed E-state index contributed by atoms with van der Waals surface area (Å²) in [5, 5.41) is 0. The molecule has 0 atom stereocenters. The first-order valence-electron chi connectivity index (χ1n) is 8.43. The molecule has 0 unspecified atom stereocenters. The number of nitrogens with zero attached hydrogens (tertiary/aromatic N) is 2. The van der Waals surface area contributed by atoms with E-state index in [2.05, 4.69) is 83.8 Å². The van der Waals surface area contributed by atoms with Crippen LogP contribution in [0.25, 0.3) is 0 Å². The van der Waals surface area contributed by atoms with E-state index in [0.717, 1.165) is 0 Å². The van der Waals surface area contributed by atoms with Gasteiger partial charge in [0.15, 0.2) is 0 Å². The van der Waals surface area contributed by atoms with Crippen LogP contribution in [0.3, 0.4) is 0 Å². The van der Waals surface area contributed by atoms with Crippen LogP contribution in [0, 0.1) is 0 Å². The van der Waals surface area contributed by atoms with E-state index in [9.17, 15) is 0 Å². The molecule has 0 rings (SSSR count). The Morgan fingerprint density at radius 1 is 0.478 bits per heavy atom. The molecule has 0 aromatic carbocycles. The van der Waals surface area contributed by atoms with Gasteiger partial charge in [-0.25, -0.2) is 0 Å². The molecule has 0 aromatic heterocycles. The molecule has 0 fully saturated rings. The van der Waals surface area contributed by atoms with Gasteiger partial charge in [0.2, 0.25) is 0 Å². The Bertz CT molecular complexity index is 147. The Balaban J connectivity index is -0.0000000746. The number of hydrogen-bond acceptors (Lipinski definition) is 0. The molecule has 0 heterocycles. The summed E-state index contributed by atoms with van der Waals surface area (Å²) in [6, 6.07) is 0. The molecule has 0 aliphatic carbocycles. The number of rotatable bonds is 8. The number of hydrogen-bond donors (Lipinski definition) is 0. The van der Waals surface area contributed by atoms with Crippen LogP contribution in [0.2, 0.25) is 0 Å². The van der Waals surface area contributed by atoms with E-state index in [4.69, 9.17) is 0 Å². The summed E-state index contributed by atoms with van der Waals surface area (Å²) in [7, 11) is 1.25. The summed E-state index contributed by atoms with van der Waals surface area (Å²) in [6.45, 7) is 28.4. The SMILES string of the molecule is CC[N+](CC)(CC)CC.CC[N+](CC)(CC)CC.[Br-].[Br-].[Br][Ni][Br]. The molecule has 0 aromatic rings. The number of halogens is 4. The van der Waals surface area contributed by atoms with Crippen molar-refractivity contribution in [3.8, 4) is 0 Å². The van der Waals surface area contributed by atoms with E-state index in [1.807, 2.05) is 0 Å². The van der Waals surface area contributed by atoms with Gasteiger partial charge in [0, 0.05) is 0 Å². The minimum absolute atomic E-state index is 0. The molecule has 0 bridgehead atoms. The van der Waals surface area contributed by atoms with Crippen molar-refractivity contribution in [2.24, 2.45) is 0 Å². The summed E-state index contributed by atoms with van der Waals surface area (Å²) < 4.78 is 2.56. The predicted octanol–water partition coefficient (Wildman–Crippen LogP) is -0.538. The average molecular weight is 639 g/mol. The Morgan fingerprint density at radius 3 is 0.565 bits per heavy atom. The van der Waals surface area contributed by atoms with Crippen molar-refractivity contribution in [2.45, 2.75) is 55.4 Å². The average Bonchev–Trinajstić information content (AvgIpc) is 2.54. The van der Waals surface area contributed by atoms with Crippen molar-refractivity contribution in [1.82, 2.24) is 0 Å². The third kappa shape index (κ3) is 17.5. The van der Waals surface area contributed by atoms with Gasteiger partial charge in [-0.3, -0.25) is 0 Å². The molecule has 2 nitrogen and oxygen atoms in total. The third-order valence-corrected chi connectivity index (χ3v) is 5.37. The topological polar surface area (TPSA) is 0 Å². The van der Waals surface area contributed by atoms with Gasteiger partial charge >= 0.3 is 39.3 Å². The fourth-order valence-electron chi connectivity index (χ4n) is 2.68. The Morgan fingerprint density at radius 2 is 0.565 bits per heavy atom. The molecule has 0 N–H and O–H groups in total. The second kappa shape index (κ2) is 24.3. The molecule has 7 heteroatoms. The third-order valence-electron chi connectivity index (χ3n) is 5.37. The van der Waals surface area contributed by atoms with Gasteiger partial charge in [-0.1, -0.05) is 0 Å². The molecule has 0 radical (unpaired) electrons. The zero-order chi connectivity index (χ0) is 17.4. The van der Waals surface area contributed by atoms with E-state index >= 15 is 0 Å². The van der Waals surface area contributed by atoms with Gasteiger partial charge in [0.05, 0.1) is 52.4 Å². The van der Waals surface area contributed by atoms with Crippen molar-refractivity contribution in [2.75, 3.05) is 52.4 Å². The van der Waals surface area contributed by atoms with Crippen molar-refractivity contribution >= 4 is 28.5 Å². The molecule has 0 saturated heterocycles. The quantitative estimate of drug-likeness (QED) is 0.248. The summed E-state index contributed by atoms with van der Waals surface area (Å²) in [6.07, 6.45) is 0. The summed E-state index contributed by atoms with van der Waals surface area (Å²) >= 11 is 6.00. The molecule has 0 aliphatic heterocycles. The van der Waals surface area contributed by atoms with Crippen molar-refractivity contribution in [1.29, 1.82) is 0 Å². The van der Waals surface area contributed by atoms with Crippen LogP contribution in [0.1, 0.15) is 55.4 Å². The first kappa shape index (κ1) is 36.3. The molecule has 0 saturated carbocycles. The van der Waals surface area contributed by atoms with Crippen molar-refractivity contribution < 1.29 is 53.8 Å². The van der Waals surface area contributed by atoms with E-state index in [1.165, 1.54) is 72.2 Å². The van der Waals surface area contributed by atoms with Gasteiger partial charge in [-0.15, -0.1) is 0 Å². The fraction of sp³-hybridized carbons (Fsp3) is 1.00. The Labute approximate surface area is 188 Å². The van der Waals surface area contributed by atoms with Crippen LogP contribution >= 0.6 is 28.5 Å². The van der Waals surface area contributed by atoms with Gasteiger partial charge < -0.3 is 42.9 Å². The summed E-state index contributed by atoms with van der Waals surface area (Å²) in [5.41, 5.74) is 0. The second-order valence-corrected chi connectivity index (χ2v) is 10.2. The van der Waals surface area contributed by atoms with Crippen molar-refractivity contribution in [3.05, 3.63) is 0 Å². The molecule has 152 valence electrons. The van der Waals surface area contributed by atoms with Gasteiger partial charge in [-0.2, -0.15) is 0 Å². The molecule has 23 heavy (non-hydrogen) atoms. The van der Waals surface area contributed by atoms with Gasteiger partial charge in [-0.05, 0) is 55.4 Å². The van der Waals surface area contributed by atoms with Crippen LogP contribution in [-0.2, 0) is 10.9 Å². The summed E-state index contributed by atoms with van der Waals surface area (Å²) in [4.78, 5) is 0. The zero-order valence-corrected chi connectivity index (χ0v) is 23.7. The number of quaternary nitrogens is 2. The van der Waals surface area contributed by atoms with E-state index in [0.29, 0.717) is 0 Å². The minimum atomic E-state index is 0. The van der Waals surface area contributed by atoms with Crippen LogP contribution in [0.15, 0.2) is 0 Å². The maximum absolute atomic E-state index is 3.00. The van der Waals surface area contributed by atoms with Crippen LogP contribution in [0.5, 0.6) is 0 Å². The van der Waals surface area contributed by atoms with E-state index < -0.39 is 0 Å². The van der Waals surface area contributed by atoms with E-state index in [-0.39, 0.29) is 34.0 Å². The predicted molar refractivity (Wildman–Crippen MR) is 103 cm³/mol. The molecular weight excluding hydrogens is 598 g/mol. The maximum atomic E-state index is 3.00. The van der Waals surface area contributed by atoms with Crippen LogP contribution in [0.4, 0.5) is 0 Å². The van der Waals surface area contributed by atoms with Crippen LogP contribution in [-0.4, -0.2) is 61.3 Å². The van der Waals surface area contributed by atoms with E-state index in [1.54, 1.807) is 0 Å². The fourth-order valence-corrected chi connectivity index (χ4v) is 2.68. The first-order valence-corrected chi connectivity index (χ1v) is 13.3. The molecule has 0 amide bonds. The van der Waals surface area contributed by atoms with Crippen LogP contribution < -0.4 is 34.0 Å². The molecular formula is C16H40Br4N2Ni. The van der Waals surface area contributed by atoms with Gasteiger partial charge in [0.25, 0.3) is 0 Å². The van der Waals surface area contributed by atoms with Crippen molar-refractivity contribution in [3.63, 3.8) is 0 Å². The molecule has 0 spiro atoms. The normalized spacial score (nSPS) is 10.3. The Hall–Kier alpha value is 2.33. The van der Waals surface area contributed by atoms with Gasteiger partial charge in [0.1, 0.15) is 0 Å². The second-order valence-electron chi connectivity index (χ2n) is 5.26.